The third kappa shape index (κ3) is 8.15. The highest BCUT2D eigenvalue weighted by Gasteiger charge is 2.24. The fraction of sp³-hybridized carbons (Fsp3) is 0.333. The van der Waals surface area contributed by atoms with Gasteiger partial charge in [0.1, 0.15) is 48.4 Å². The molecule has 0 aliphatic heterocycles. The summed E-state index contributed by atoms with van der Waals surface area (Å²) in [6, 6.07) is 31.8. The lowest BCUT2D eigenvalue weighted by molar-refractivity contribution is 0.0536. The van der Waals surface area contributed by atoms with E-state index in [9.17, 15) is 10.2 Å². The van der Waals surface area contributed by atoms with Crippen LogP contribution in [-0.4, -0.2) is 59.1 Å². The lowest BCUT2D eigenvalue weighted by atomic mass is 9.78. The Labute approximate surface area is 253 Å². The fourth-order valence-corrected chi connectivity index (χ4v) is 4.77. The van der Waals surface area contributed by atoms with E-state index in [0.29, 0.717) is 11.5 Å². The molecule has 0 heterocycles. The normalized spacial score (nSPS) is 13.3. The molecule has 0 saturated carbocycles. The van der Waals surface area contributed by atoms with Crippen LogP contribution in [0.1, 0.15) is 49.9 Å². The zero-order chi connectivity index (χ0) is 31.0. The van der Waals surface area contributed by atoms with Crippen LogP contribution in [0.2, 0.25) is 0 Å². The smallest absolute Gasteiger partial charge is 0.127 e. The average molecular weight is 587 g/mol. The molecule has 7 heteroatoms. The Morgan fingerprint density at radius 3 is 0.977 bits per heavy atom. The number of hydrogen-bond acceptors (Lipinski definition) is 7. The summed E-state index contributed by atoms with van der Waals surface area (Å²) in [5.41, 5.74) is 4.03. The first-order valence-corrected chi connectivity index (χ1v) is 14.5. The summed E-state index contributed by atoms with van der Waals surface area (Å²) in [5, 5.41) is 36.9. The zero-order valence-corrected chi connectivity index (χ0v) is 25.2. The highest BCUT2D eigenvalue weighted by atomic mass is 16.5. The number of ether oxygens (including phenoxy) is 3. The van der Waals surface area contributed by atoms with Crippen LogP contribution in [0.3, 0.4) is 0 Å². The van der Waals surface area contributed by atoms with Crippen LogP contribution in [-0.2, 0) is 10.8 Å². The van der Waals surface area contributed by atoms with Crippen molar-refractivity contribution in [2.24, 2.45) is 0 Å². The van der Waals surface area contributed by atoms with E-state index in [2.05, 4.69) is 52.0 Å². The molecule has 228 valence electrons. The molecule has 2 unspecified atom stereocenters. The van der Waals surface area contributed by atoms with Gasteiger partial charge < -0.3 is 34.6 Å². The van der Waals surface area contributed by atoms with E-state index in [1.807, 2.05) is 72.8 Å². The van der Waals surface area contributed by atoms with E-state index >= 15 is 0 Å². The van der Waals surface area contributed by atoms with Crippen LogP contribution in [0.25, 0.3) is 0 Å². The summed E-state index contributed by atoms with van der Waals surface area (Å²) in [6.45, 7) is 8.09. The molecular weight excluding hydrogens is 544 g/mol. The van der Waals surface area contributed by atoms with Crippen LogP contribution >= 0.6 is 0 Å². The van der Waals surface area contributed by atoms with Gasteiger partial charge in [0.15, 0.2) is 0 Å². The van der Waals surface area contributed by atoms with Crippen molar-refractivity contribution in [3.63, 3.8) is 0 Å². The molecule has 4 N–H and O–H groups in total. The van der Waals surface area contributed by atoms with E-state index in [0.717, 1.165) is 33.8 Å². The van der Waals surface area contributed by atoms with Gasteiger partial charge in [-0.05, 0) is 70.8 Å². The molecule has 4 rings (SSSR count). The summed E-state index contributed by atoms with van der Waals surface area (Å²) in [6.07, 6.45) is -1.79. The predicted octanol–water partition coefficient (Wildman–Crippen LogP) is 5.59. The molecule has 4 aromatic carbocycles. The molecule has 0 radical (unpaired) electrons. The zero-order valence-electron chi connectivity index (χ0n) is 25.2. The van der Waals surface area contributed by atoms with Crippen LogP contribution < -0.4 is 14.2 Å². The van der Waals surface area contributed by atoms with E-state index in [1.165, 1.54) is 0 Å². The van der Waals surface area contributed by atoms with E-state index < -0.39 is 12.2 Å². The van der Waals surface area contributed by atoms with Gasteiger partial charge in [0.2, 0.25) is 0 Å². The molecule has 2 atom stereocenters. The fourth-order valence-electron chi connectivity index (χ4n) is 4.77. The second-order valence-electron chi connectivity index (χ2n) is 11.7. The lowest BCUT2D eigenvalue weighted by Crippen LogP contribution is -2.21. The monoisotopic (exact) mass is 586 g/mol. The van der Waals surface area contributed by atoms with Crippen LogP contribution in [0, 0.1) is 0 Å². The van der Waals surface area contributed by atoms with E-state index in [-0.39, 0.29) is 37.3 Å². The van der Waals surface area contributed by atoms with Crippen molar-refractivity contribution in [1.29, 1.82) is 0 Å². The molecular formula is C36H42O7. The minimum Gasteiger partial charge on any atom is -0.491 e. The summed E-state index contributed by atoms with van der Waals surface area (Å²) in [7, 11) is 0. The molecule has 0 aliphatic carbocycles. The first kappa shape index (κ1) is 32.0. The second kappa shape index (κ2) is 14.1. The minimum atomic E-state index is -0.896. The van der Waals surface area contributed by atoms with Gasteiger partial charge in [-0.3, -0.25) is 0 Å². The average Bonchev–Trinajstić information content (AvgIpc) is 3.03. The van der Waals surface area contributed by atoms with Crippen molar-refractivity contribution in [3.8, 4) is 23.0 Å². The number of benzene rings is 4. The lowest BCUT2D eigenvalue weighted by Gasteiger charge is -2.27. The van der Waals surface area contributed by atoms with Gasteiger partial charge in [-0.15, -0.1) is 0 Å². The van der Waals surface area contributed by atoms with Gasteiger partial charge in [0, 0.05) is 10.8 Å². The molecule has 4 aromatic rings. The Hall–Kier alpha value is -3.88. The molecule has 43 heavy (non-hydrogen) atoms. The summed E-state index contributed by atoms with van der Waals surface area (Å²) >= 11 is 0. The molecule has 0 spiro atoms. The summed E-state index contributed by atoms with van der Waals surface area (Å²) in [5.74, 6) is 2.79. The summed E-state index contributed by atoms with van der Waals surface area (Å²) in [4.78, 5) is 0. The van der Waals surface area contributed by atoms with Gasteiger partial charge >= 0.3 is 0 Å². The van der Waals surface area contributed by atoms with Crippen molar-refractivity contribution < 1.29 is 34.6 Å². The highest BCUT2D eigenvalue weighted by Crippen LogP contribution is 2.36. The maximum atomic E-state index is 9.49. The van der Waals surface area contributed by atoms with Gasteiger partial charge in [0.25, 0.3) is 0 Å². The third-order valence-electron chi connectivity index (χ3n) is 7.85. The molecule has 0 fully saturated rings. The standard InChI is InChI=1S/C36H42O7/c1-35(2,25-5-13-31(14-6-25)41-23-29(39)21-37)27-9-17-33(18-10-27)43-34-19-11-28(12-20-34)36(3,4)26-7-15-32(16-8-26)42-24-30(40)22-38/h5-20,29-30,37-40H,21-24H2,1-4H3. The van der Waals surface area contributed by atoms with Crippen molar-refractivity contribution in [1.82, 2.24) is 0 Å². The molecule has 0 aromatic heterocycles. The Bertz CT molecular complexity index is 1300. The quantitative estimate of drug-likeness (QED) is 0.152. The van der Waals surface area contributed by atoms with Crippen molar-refractivity contribution in [2.75, 3.05) is 26.4 Å². The maximum Gasteiger partial charge on any atom is 0.127 e. The number of aliphatic hydroxyl groups excluding tert-OH is 4. The first-order chi connectivity index (χ1) is 20.5. The van der Waals surface area contributed by atoms with E-state index in [4.69, 9.17) is 24.4 Å². The number of rotatable bonds is 14. The molecule has 0 bridgehead atoms. The van der Waals surface area contributed by atoms with Crippen LogP contribution in [0.4, 0.5) is 0 Å². The second-order valence-corrected chi connectivity index (χ2v) is 11.7. The maximum absolute atomic E-state index is 9.49. The van der Waals surface area contributed by atoms with Gasteiger partial charge in [-0.2, -0.15) is 0 Å². The van der Waals surface area contributed by atoms with Crippen molar-refractivity contribution in [2.45, 2.75) is 50.7 Å². The van der Waals surface area contributed by atoms with Crippen molar-refractivity contribution >= 4 is 0 Å². The van der Waals surface area contributed by atoms with Crippen molar-refractivity contribution in [3.05, 3.63) is 119 Å². The Kier molecular flexibility index (Phi) is 10.5. The predicted molar refractivity (Wildman–Crippen MR) is 167 cm³/mol. The van der Waals surface area contributed by atoms with Crippen LogP contribution in [0.5, 0.6) is 23.0 Å². The van der Waals surface area contributed by atoms with Gasteiger partial charge in [-0.1, -0.05) is 76.2 Å². The first-order valence-electron chi connectivity index (χ1n) is 14.5. The van der Waals surface area contributed by atoms with Gasteiger partial charge in [-0.25, -0.2) is 0 Å². The number of aliphatic hydroxyl groups is 4. The minimum absolute atomic E-state index is 0.0468. The largest absolute Gasteiger partial charge is 0.491 e. The molecule has 0 amide bonds. The Morgan fingerprint density at radius 2 is 0.721 bits per heavy atom. The Morgan fingerprint density at radius 1 is 0.465 bits per heavy atom. The van der Waals surface area contributed by atoms with E-state index in [1.54, 1.807) is 0 Å². The number of hydrogen-bond donors (Lipinski definition) is 4. The van der Waals surface area contributed by atoms with Gasteiger partial charge in [0.05, 0.1) is 13.2 Å². The highest BCUT2D eigenvalue weighted by molar-refractivity contribution is 5.45. The summed E-state index contributed by atoms with van der Waals surface area (Å²) < 4.78 is 17.2. The van der Waals surface area contributed by atoms with Crippen LogP contribution in [0.15, 0.2) is 97.1 Å². The third-order valence-corrected chi connectivity index (χ3v) is 7.85. The topological polar surface area (TPSA) is 109 Å². The SMILES string of the molecule is CC(C)(c1ccc(OCC(O)CO)cc1)c1ccc(Oc2ccc(C(C)(C)c3ccc(OCC(O)CO)cc3)cc2)cc1. The molecule has 7 nitrogen and oxygen atoms in total. The Balaban J connectivity index is 1.37. The molecule has 0 saturated heterocycles. The molecule has 0 aliphatic rings.